The second-order valence-electron chi connectivity index (χ2n) is 6.30. The minimum Gasteiger partial charge on any atom is -0.396 e. The van der Waals surface area contributed by atoms with Crippen LogP contribution in [0.5, 0.6) is 0 Å². The van der Waals surface area contributed by atoms with Gasteiger partial charge in [-0.2, -0.15) is 4.31 Å². The highest BCUT2D eigenvalue weighted by atomic mass is 32.2. The minimum atomic E-state index is -3.43. The fraction of sp³-hybridized carbons (Fsp3) is 0.625. The molecule has 21 heavy (non-hydrogen) atoms. The van der Waals surface area contributed by atoms with Crippen molar-refractivity contribution in [3.05, 3.63) is 29.8 Å². The zero-order chi connectivity index (χ0) is 15.5. The van der Waals surface area contributed by atoms with E-state index in [0.717, 1.165) is 24.8 Å². The first-order valence-electron chi connectivity index (χ1n) is 7.63. The molecule has 0 amide bonds. The zero-order valence-electron chi connectivity index (χ0n) is 12.8. The van der Waals surface area contributed by atoms with E-state index < -0.39 is 10.0 Å². The molecule has 1 aromatic carbocycles. The van der Waals surface area contributed by atoms with Crippen molar-refractivity contribution in [1.29, 1.82) is 0 Å². The highest BCUT2D eigenvalue weighted by Crippen LogP contribution is 2.24. The maximum Gasteiger partial charge on any atom is 0.243 e. The predicted molar refractivity (Wildman–Crippen MR) is 83.6 cm³/mol. The van der Waals surface area contributed by atoms with Gasteiger partial charge >= 0.3 is 0 Å². The summed E-state index contributed by atoms with van der Waals surface area (Å²) in [4.78, 5) is 0.355. The van der Waals surface area contributed by atoms with Crippen LogP contribution in [0, 0.1) is 11.8 Å². The molecule has 1 N–H and O–H groups in total. The third-order valence-electron chi connectivity index (χ3n) is 3.94. The molecule has 0 spiro atoms. The number of nitrogens with zero attached hydrogens (tertiary/aromatic N) is 1. The molecule has 1 fully saturated rings. The van der Waals surface area contributed by atoms with E-state index in [4.69, 9.17) is 0 Å². The number of benzene rings is 1. The predicted octanol–water partition coefficient (Wildman–Crippen LogP) is 2.28. The summed E-state index contributed by atoms with van der Waals surface area (Å²) < 4.78 is 26.8. The first-order chi connectivity index (χ1) is 9.93. The van der Waals surface area contributed by atoms with Crippen LogP contribution in [0.3, 0.4) is 0 Å². The second-order valence-corrected chi connectivity index (χ2v) is 8.23. The maximum absolute atomic E-state index is 12.6. The summed E-state index contributed by atoms with van der Waals surface area (Å²) >= 11 is 0. The van der Waals surface area contributed by atoms with Gasteiger partial charge in [-0.15, -0.1) is 0 Å². The zero-order valence-corrected chi connectivity index (χ0v) is 13.6. The molecule has 5 heteroatoms. The third-order valence-corrected chi connectivity index (χ3v) is 5.82. The van der Waals surface area contributed by atoms with Crippen LogP contribution in [0.2, 0.25) is 0 Å². The first-order valence-corrected chi connectivity index (χ1v) is 9.07. The summed E-state index contributed by atoms with van der Waals surface area (Å²) in [5.41, 5.74) is 1.16. The summed E-state index contributed by atoms with van der Waals surface area (Å²) in [5, 5.41) is 9.24. The fourth-order valence-electron chi connectivity index (χ4n) is 2.81. The van der Waals surface area contributed by atoms with Crippen LogP contribution < -0.4 is 0 Å². The van der Waals surface area contributed by atoms with Gasteiger partial charge in [-0.3, -0.25) is 0 Å². The molecule has 1 saturated heterocycles. The molecule has 0 saturated carbocycles. The largest absolute Gasteiger partial charge is 0.396 e. The van der Waals surface area contributed by atoms with E-state index in [1.54, 1.807) is 12.1 Å². The van der Waals surface area contributed by atoms with E-state index in [1.807, 2.05) is 12.1 Å². The molecule has 0 bridgehead atoms. The van der Waals surface area contributed by atoms with Gasteiger partial charge < -0.3 is 5.11 Å². The van der Waals surface area contributed by atoms with E-state index in [1.165, 1.54) is 4.31 Å². The molecule has 2 rings (SSSR count). The van der Waals surface area contributed by atoms with Crippen LogP contribution >= 0.6 is 0 Å². The fourth-order valence-corrected chi connectivity index (χ4v) is 4.37. The van der Waals surface area contributed by atoms with E-state index in [-0.39, 0.29) is 12.5 Å². The SMILES string of the molecule is CC(C)Cc1ccc(S(=O)(=O)N2CCCC(CO)C2)cc1. The molecule has 118 valence electrons. The topological polar surface area (TPSA) is 57.6 Å². The number of rotatable bonds is 5. The lowest BCUT2D eigenvalue weighted by Crippen LogP contribution is -2.40. The molecule has 0 aliphatic carbocycles. The second kappa shape index (κ2) is 6.90. The Hall–Kier alpha value is -0.910. The van der Waals surface area contributed by atoms with Crippen LogP contribution in [0.15, 0.2) is 29.2 Å². The van der Waals surface area contributed by atoms with Crippen molar-refractivity contribution in [2.75, 3.05) is 19.7 Å². The van der Waals surface area contributed by atoms with Gasteiger partial charge in [0.25, 0.3) is 0 Å². The lowest BCUT2D eigenvalue weighted by molar-refractivity contribution is 0.165. The Morgan fingerprint density at radius 2 is 1.95 bits per heavy atom. The number of hydrogen-bond acceptors (Lipinski definition) is 3. The Kier molecular flexibility index (Phi) is 5.41. The molecule has 1 aromatic rings. The van der Waals surface area contributed by atoms with E-state index in [0.29, 0.717) is 23.9 Å². The Balaban J connectivity index is 2.15. The maximum atomic E-state index is 12.6. The van der Waals surface area contributed by atoms with E-state index >= 15 is 0 Å². The van der Waals surface area contributed by atoms with Gasteiger partial charge in [0.05, 0.1) is 4.90 Å². The van der Waals surface area contributed by atoms with Gasteiger partial charge in [0.2, 0.25) is 10.0 Å². The Bertz CT molecular complexity index is 551. The third kappa shape index (κ3) is 4.05. The van der Waals surface area contributed by atoms with Crippen LogP contribution in [0.1, 0.15) is 32.3 Å². The molecular formula is C16H25NO3S. The van der Waals surface area contributed by atoms with E-state index in [2.05, 4.69) is 13.8 Å². The molecule has 1 atom stereocenters. The van der Waals surface area contributed by atoms with Crippen molar-refractivity contribution >= 4 is 10.0 Å². The molecular weight excluding hydrogens is 286 g/mol. The standard InChI is InChI=1S/C16H25NO3S/c1-13(2)10-14-5-7-16(8-6-14)21(19,20)17-9-3-4-15(11-17)12-18/h5-8,13,15,18H,3-4,9-12H2,1-2H3. The number of aliphatic hydroxyl groups is 1. The summed E-state index contributed by atoms with van der Waals surface area (Å²) in [5.74, 6) is 0.619. The molecule has 1 aliphatic heterocycles. The number of piperidine rings is 1. The summed E-state index contributed by atoms with van der Waals surface area (Å²) in [6.45, 7) is 5.32. The number of aliphatic hydroxyl groups excluding tert-OH is 1. The lowest BCUT2D eigenvalue weighted by Gasteiger charge is -2.31. The smallest absolute Gasteiger partial charge is 0.243 e. The van der Waals surface area contributed by atoms with Crippen molar-refractivity contribution in [2.24, 2.45) is 11.8 Å². The van der Waals surface area contributed by atoms with Crippen molar-refractivity contribution in [3.8, 4) is 0 Å². The summed E-state index contributed by atoms with van der Waals surface area (Å²) in [7, 11) is -3.43. The van der Waals surface area contributed by atoms with Crippen LogP contribution in [0.25, 0.3) is 0 Å². The Labute approximate surface area is 127 Å². The van der Waals surface area contributed by atoms with Crippen molar-refractivity contribution in [3.63, 3.8) is 0 Å². The minimum absolute atomic E-state index is 0.0549. The average molecular weight is 311 g/mol. The lowest BCUT2D eigenvalue weighted by atomic mass is 10.0. The van der Waals surface area contributed by atoms with Gasteiger partial charge in [-0.25, -0.2) is 8.42 Å². The summed E-state index contributed by atoms with van der Waals surface area (Å²) in [6, 6.07) is 7.21. The Morgan fingerprint density at radius 1 is 1.29 bits per heavy atom. The quantitative estimate of drug-likeness (QED) is 0.907. The molecule has 4 nitrogen and oxygen atoms in total. The normalized spacial score (nSPS) is 20.9. The highest BCUT2D eigenvalue weighted by molar-refractivity contribution is 7.89. The van der Waals surface area contributed by atoms with Gasteiger partial charge in [0, 0.05) is 19.7 Å². The van der Waals surface area contributed by atoms with Crippen molar-refractivity contribution in [1.82, 2.24) is 4.31 Å². The van der Waals surface area contributed by atoms with Gasteiger partial charge in [-0.1, -0.05) is 26.0 Å². The molecule has 1 aliphatic rings. The van der Waals surface area contributed by atoms with Crippen LogP contribution in [-0.2, 0) is 16.4 Å². The first kappa shape index (κ1) is 16.5. The monoisotopic (exact) mass is 311 g/mol. The van der Waals surface area contributed by atoms with Crippen molar-refractivity contribution < 1.29 is 13.5 Å². The molecule has 1 unspecified atom stereocenters. The van der Waals surface area contributed by atoms with Crippen molar-refractivity contribution in [2.45, 2.75) is 38.0 Å². The number of hydrogen-bond donors (Lipinski definition) is 1. The molecule has 1 heterocycles. The van der Waals surface area contributed by atoms with Gasteiger partial charge in [0.15, 0.2) is 0 Å². The average Bonchev–Trinajstić information content (AvgIpc) is 2.47. The molecule has 0 aromatic heterocycles. The van der Waals surface area contributed by atoms with Gasteiger partial charge in [-0.05, 0) is 48.8 Å². The van der Waals surface area contributed by atoms with E-state index in [9.17, 15) is 13.5 Å². The van der Waals surface area contributed by atoms with Crippen LogP contribution in [-0.4, -0.2) is 37.5 Å². The van der Waals surface area contributed by atoms with Crippen LogP contribution in [0.4, 0.5) is 0 Å². The highest BCUT2D eigenvalue weighted by Gasteiger charge is 2.29. The summed E-state index contributed by atoms with van der Waals surface area (Å²) in [6.07, 6.45) is 2.67. The number of sulfonamides is 1. The Morgan fingerprint density at radius 3 is 2.52 bits per heavy atom. The van der Waals surface area contributed by atoms with Gasteiger partial charge in [0.1, 0.15) is 0 Å². The molecule has 0 radical (unpaired) electrons.